The maximum absolute atomic E-state index is 13.8. The average Bonchev–Trinajstić information content (AvgIpc) is 2.75. The third-order valence-electron chi connectivity index (χ3n) is 5.13. The van der Waals surface area contributed by atoms with E-state index in [2.05, 4.69) is 11.9 Å². The summed E-state index contributed by atoms with van der Waals surface area (Å²) < 4.78 is 33.3. The number of hydrogen-bond donors (Lipinski definition) is 1. The summed E-state index contributed by atoms with van der Waals surface area (Å²) >= 11 is 0. The standard InChI is InChI=1S/C24H25F2NO3/c1-2-3-6-16(14-28)11-22(29)18-12-17-7-4-10-23(24(17)27-13-18)30-15-19-20(25)8-5-9-21(19)26/h4-5,7-10,12-13,16,28H,2-3,6,11,14-15H2,1H3/t16-/m0/s1. The highest BCUT2D eigenvalue weighted by Gasteiger charge is 2.16. The molecule has 1 heterocycles. The molecule has 3 aromatic rings. The molecule has 158 valence electrons. The van der Waals surface area contributed by atoms with Crippen molar-refractivity contribution in [2.75, 3.05) is 6.61 Å². The molecule has 0 aliphatic rings. The van der Waals surface area contributed by atoms with E-state index in [-0.39, 0.29) is 36.9 Å². The molecule has 0 unspecified atom stereocenters. The zero-order valence-corrected chi connectivity index (χ0v) is 16.9. The van der Waals surface area contributed by atoms with Gasteiger partial charge in [0.1, 0.15) is 29.5 Å². The monoisotopic (exact) mass is 413 g/mol. The Morgan fingerprint density at radius 1 is 1.17 bits per heavy atom. The number of benzene rings is 2. The Balaban J connectivity index is 1.77. The number of nitrogens with zero attached hydrogens (tertiary/aromatic N) is 1. The topological polar surface area (TPSA) is 59.4 Å². The fourth-order valence-electron chi connectivity index (χ4n) is 3.35. The number of pyridine rings is 1. The van der Waals surface area contributed by atoms with Crippen LogP contribution in [0.1, 0.15) is 48.5 Å². The number of halogens is 2. The van der Waals surface area contributed by atoms with Gasteiger partial charge in [0.05, 0.1) is 5.56 Å². The van der Waals surface area contributed by atoms with Gasteiger partial charge in [-0.15, -0.1) is 0 Å². The van der Waals surface area contributed by atoms with Crippen molar-refractivity contribution in [1.29, 1.82) is 0 Å². The third-order valence-corrected chi connectivity index (χ3v) is 5.13. The summed E-state index contributed by atoms with van der Waals surface area (Å²) in [6.45, 7) is 1.79. The first-order valence-corrected chi connectivity index (χ1v) is 10.1. The Morgan fingerprint density at radius 3 is 2.60 bits per heavy atom. The first-order valence-electron chi connectivity index (χ1n) is 10.1. The van der Waals surface area contributed by atoms with Gasteiger partial charge in [-0.25, -0.2) is 8.78 Å². The molecule has 0 aliphatic carbocycles. The number of ether oxygens (including phenoxy) is 1. The van der Waals surface area contributed by atoms with Gasteiger partial charge in [-0.05, 0) is 36.6 Å². The Hall–Kier alpha value is -2.86. The summed E-state index contributed by atoms with van der Waals surface area (Å²) in [6.07, 6.45) is 4.55. The van der Waals surface area contributed by atoms with Crippen molar-refractivity contribution < 1.29 is 23.4 Å². The van der Waals surface area contributed by atoms with Crippen molar-refractivity contribution in [3.63, 3.8) is 0 Å². The van der Waals surface area contributed by atoms with Crippen LogP contribution in [0, 0.1) is 17.6 Å². The fraction of sp³-hybridized carbons (Fsp3) is 0.333. The third kappa shape index (κ3) is 5.19. The van der Waals surface area contributed by atoms with E-state index in [0.717, 1.165) is 19.3 Å². The number of hydrogen-bond acceptors (Lipinski definition) is 4. The van der Waals surface area contributed by atoms with Crippen LogP contribution in [-0.4, -0.2) is 22.5 Å². The van der Waals surface area contributed by atoms with Crippen molar-refractivity contribution in [1.82, 2.24) is 4.98 Å². The first kappa shape index (κ1) is 21.8. The molecule has 1 aromatic heterocycles. The van der Waals surface area contributed by atoms with Crippen LogP contribution >= 0.6 is 0 Å². The van der Waals surface area contributed by atoms with Gasteiger partial charge in [0.25, 0.3) is 0 Å². The Labute approximate surface area is 174 Å². The van der Waals surface area contributed by atoms with Gasteiger partial charge in [-0.2, -0.15) is 0 Å². The lowest BCUT2D eigenvalue weighted by molar-refractivity contribution is 0.0930. The Morgan fingerprint density at radius 2 is 1.90 bits per heavy atom. The molecule has 6 heteroatoms. The smallest absolute Gasteiger partial charge is 0.164 e. The number of carbonyl (C=O) groups excluding carboxylic acids is 1. The SMILES string of the molecule is CCCC[C@H](CO)CC(=O)c1cnc2c(OCc3c(F)cccc3F)cccc2c1. The molecule has 0 spiro atoms. The fourth-order valence-corrected chi connectivity index (χ4v) is 3.35. The lowest BCUT2D eigenvalue weighted by Crippen LogP contribution is -2.13. The van der Waals surface area contributed by atoms with E-state index in [0.29, 0.717) is 22.2 Å². The lowest BCUT2D eigenvalue weighted by atomic mass is 9.94. The van der Waals surface area contributed by atoms with Gasteiger partial charge in [0.2, 0.25) is 0 Å². The van der Waals surface area contributed by atoms with E-state index < -0.39 is 11.6 Å². The van der Waals surface area contributed by atoms with Crippen LogP contribution in [0.3, 0.4) is 0 Å². The molecule has 0 saturated carbocycles. The van der Waals surface area contributed by atoms with Crippen molar-refractivity contribution in [2.45, 2.75) is 39.2 Å². The van der Waals surface area contributed by atoms with E-state index in [1.165, 1.54) is 24.4 Å². The molecular weight excluding hydrogens is 388 g/mol. The van der Waals surface area contributed by atoms with Crippen LogP contribution < -0.4 is 4.74 Å². The number of aliphatic hydroxyl groups is 1. The number of Topliss-reactive ketones (excluding diaryl/α,β-unsaturated/α-hetero) is 1. The Bertz CT molecular complexity index is 1000. The Kier molecular flexibility index (Phi) is 7.46. The van der Waals surface area contributed by atoms with Crippen LogP contribution in [-0.2, 0) is 6.61 Å². The van der Waals surface area contributed by atoms with Crippen molar-refractivity contribution in [2.24, 2.45) is 5.92 Å². The molecule has 0 aliphatic heterocycles. The van der Waals surface area contributed by atoms with Crippen LogP contribution in [0.5, 0.6) is 5.75 Å². The number of carbonyl (C=O) groups is 1. The van der Waals surface area contributed by atoms with E-state index in [4.69, 9.17) is 4.74 Å². The summed E-state index contributed by atoms with van der Waals surface area (Å²) in [4.78, 5) is 17.0. The molecule has 30 heavy (non-hydrogen) atoms. The number of rotatable bonds is 10. The highest BCUT2D eigenvalue weighted by Crippen LogP contribution is 2.27. The molecule has 1 atom stereocenters. The second-order valence-corrected chi connectivity index (χ2v) is 7.36. The lowest BCUT2D eigenvalue weighted by Gasteiger charge is -2.13. The largest absolute Gasteiger partial charge is 0.486 e. The van der Waals surface area contributed by atoms with Gasteiger partial charge < -0.3 is 9.84 Å². The minimum Gasteiger partial charge on any atom is -0.486 e. The number of fused-ring (bicyclic) bond motifs is 1. The first-order chi connectivity index (χ1) is 14.5. The maximum Gasteiger partial charge on any atom is 0.164 e. The average molecular weight is 413 g/mol. The number of ketones is 1. The second-order valence-electron chi connectivity index (χ2n) is 7.36. The van der Waals surface area contributed by atoms with Crippen LogP contribution in [0.25, 0.3) is 10.9 Å². The number of aliphatic hydroxyl groups excluding tert-OH is 1. The van der Waals surface area contributed by atoms with E-state index in [1.54, 1.807) is 24.3 Å². The summed E-state index contributed by atoms with van der Waals surface area (Å²) in [6, 6.07) is 10.6. The molecular formula is C24H25F2NO3. The molecule has 1 N–H and O–H groups in total. The normalized spacial score (nSPS) is 12.1. The molecule has 2 aromatic carbocycles. The van der Waals surface area contributed by atoms with Gasteiger partial charge in [-0.3, -0.25) is 9.78 Å². The van der Waals surface area contributed by atoms with Crippen LogP contribution in [0.2, 0.25) is 0 Å². The quantitative estimate of drug-likeness (QED) is 0.448. The zero-order chi connectivity index (χ0) is 21.5. The van der Waals surface area contributed by atoms with Crippen molar-refractivity contribution in [3.8, 4) is 5.75 Å². The molecule has 0 saturated heterocycles. The molecule has 0 bridgehead atoms. The highest BCUT2D eigenvalue weighted by atomic mass is 19.1. The minimum atomic E-state index is -0.669. The molecule has 3 rings (SSSR count). The number of unbranched alkanes of at least 4 members (excludes halogenated alkanes) is 1. The summed E-state index contributed by atoms with van der Waals surface area (Å²) in [7, 11) is 0. The van der Waals surface area contributed by atoms with Gasteiger partial charge in [-0.1, -0.05) is 38.0 Å². The van der Waals surface area contributed by atoms with E-state index in [9.17, 15) is 18.7 Å². The van der Waals surface area contributed by atoms with Gasteiger partial charge >= 0.3 is 0 Å². The summed E-state index contributed by atoms with van der Waals surface area (Å²) in [5.74, 6) is -1.08. The minimum absolute atomic E-state index is 0.0165. The van der Waals surface area contributed by atoms with Gasteiger partial charge in [0, 0.05) is 30.2 Å². The molecule has 0 amide bonds. The molecule has 0 fully saturated rings. The maximum atomic E-state index is 13.8. The van der Waals surface area contributed by atoms with Crippen molar-refractivity contribution in [3.05, 3.63) is 71.4 Å². The highest BCUT2D eigenvalue weighted by molar-refractivity contribution is 5.99. The predicted molar refractivity (Wildman–Crippen MR) is 111 cm³/mol. The summed E-state index contributed by atoms with van der Waals surface area (Å²) in [5.41, 5.74) is 0.827. The number of para-hydroxylation sites is 1. The van der Waals surface area contributed by atoms with E-state index >= 15 is 0 Å². The predicted octanol–water partition coefficient (Wildman–Crippen LogP) is 5.46. The van der Waals surface area contributed by atoms with Crippen molar-refractivity contribution >= 4 is 16.7 Å². The van der Waals surface area contributed by atoms with Gasteiger partial charge in [0.15, 0.2) is 5.78 Å². The van der Waals surface area contributed by atoms with Crippen LogP contribution in [0.15, 0.2) is 48.7 Å². The van der Waals surface area contributed by atoms with Crippen LogP contribution in [0.4, 0.5) is 8.78 Å². The molecule has 4 nitrogen and oxygen atoms in total. The summed E-state index contributed by atoms with van der Waals surface area (Å²) in [5, 5.41) is 10.2. The molecule has 0 radical (unpaired) electrons. The number of aromatic nitrogens is 1. The second kappa shape index (κ2) is 10.3. The zero-order valence-electron chi connectivity index (χ0n) is 16.9. The van der Waals surface area contributed by atoms with E-state index in [1.807, 2.05) is 0 Å².